The largest absolute Gasteiger partial charge is 0.350 e. The van der Waals surface area contributed by atoms with E-state index >= 15 is 0 Å². The van der Waals surface area contributed by atoms with Gasteiger partial charge < -0.3 is 5.32 Å². The summed E-state index contributed by atoms with van der Waals surface area (Å²) in [5.74, 6) is -0.0403. The molecule has 1 aliphatic rings. The molecule has 1 amide bonds. The number of halogens is 1. The fraction of sp³-hybridized carbons (Fsp3) is 0.588. The minimum absolute atomic E-state index is 0.0403. The molecule has 1 atom stereocenters. The van der Waals surface area contributed by atoms with Crippen LogP contribution in [0, 0.1) is 0 Å². The number of carbonyl (C=O) groups excluding carboxylic acids is 1. The van der Waals surface area contributed by atoms with Gasteiger partial charge in [-0.05, 0) is 52.0 Å². The summed E-state index contributed by atoms with van der Waals surface area (Å²) in [6.07, 6.45) is 0. The Hall–Kier alpha value is -1.15. The van der Waals surface area contributed by atoms with Gasteiger partial charge in [-0.1, -0.05) is 11.6 Å². The topological polar surface area (TPSA) is 69.7 Å². The van der Waals surface area contributed by atoms with Crippen molar-refractivity contribution >= 4 is 27.5 Å². The molecule has 0 aliphatic carbocycles. The second-order valence-electron chi connectivity index (χ2n) is 7.31. The third-order valence-corrected chi connectivity index (χ3v) is 6.31. The highest BCUT2D eigenvalue weighted by molar-refractivity contribution is 7.89. The summed E-state index contributed by atoms with van der Waals surface area (Å²) in [5.41, 5.74) is -0.287. The predicted molar refractivity (Wildman–Crippen MR) is 99.1 cm³/mol. The van der Waals surface area contributed by atoms with E-state index in [1.54, 1.807) is 12.1 Å². The molecule has 1 saturated heterocycles. The smallest absolute Gasteiger partial charge is 0.243 e. The monoisotopic (exact) mass is 387 g/mol. The number of hydrogen-bond acceptors (Lipinski definition) is 4. The lowest BCUT2D eigenvalue weighted by molar-refractivity contribution is -0.127. The number of sulfonamides is 1. The average molecular weight is 388 g/mol. The minimum Gasteiger partial charge on any atom is -0.350 e. The van der Waals surface area contributed by atoms with Crippen molar-refractivity contribution in [2.75, 3.05) is 26.2 Å². The lowest BCUT2D eigenvalue weighted by Gasteiger charge is -2.37. The van der Waals surface area contributed by atoms with Crippen LogP contribution < -0.4 is 5.32 Å². The average Bonchev–Trinajstić information content (AvgIpc) is 2.53. The number of benzene rings is 1. The highest BCUT2D eigenvalue weighted by Gasteiger charge is 2.32. The van der Waals surface area contributed by atoms with Crippen LogP contribution in [-0.4, -0.2) is 61.3 Å². The molecule has 1 N–H and O–H groups in total. The lowest BCUT2D eigenvalue weighted by atomic mass is 10.1. The van der Waals surface area contributed by atoms with Crippen molar-refractivity contribution in [2.45, 2.75) is 44.2 Å². The van der Waals surface area contributed by atoms with Crippen molar-refractivity contribution in [1.82, 2.24) is 14.5 Å². The summed E-state index contributed by atoms with van der Waals surface area (Å²) in [6.45, 7) is 9.43. The third-order valence-electron chi connectivity index (χ3n) is 4.15. The van der Waals surface area contributed by atoms with Crippen molar-refractivity contribution in [3.8, 4) is 0 Å². The van der Waals surface area contributed by atoms with Crippen LogP contribution in [0.15, 0.2) is 29.2 Å². The molecule has 25 heavy (non-hydrogen) atoms. The predicted octanol–water partition coefficient (Wildman–Crippen LogP) is 1.95. The number of carbonyl (C=O) groups is 1. The van der Waals surface area contributed by atoms with Gasteiger partial charge in [0.15, 0.2) is 0 Å². The summed E-state index contributed by atoms with van der Waals surface area (Å²) in [4.78, 5) is 14.5. The van der Waals surface area contributed by atoms with E-state index in [-0.39, 0.29) is 22.4 Å². The van der Waals surface area contributed by atoms with E-state index in [4.69, 9.17) is 11.6 Å². The maximum Gasteiger partial charge on any atom is 0.243 e. The summed E-state index contributed by atoms with van der Waals surface area (Å²) in [7, 11) is -3.53. The summed E-state index contributed by atoms with van der Waals surface area (Å²) in [6, 6.07) is 5.89. The summed E-state index contributed by atoms with van der Waals surface area (Å²) >= 11 is 5.82. The molecule has 0 unspecified atom stereocenters. The maximum absolute atomic E-state index is 12.7. The Morgan fingerprint density at radius 3 is 2.12 bits per heavy atom. The van der Waals surface area contributed by atoms with Gasteiger partial charge in [0.25, 0.3) is 0 Å². The highest BCUT2D eigenvalue weighted by atomic mass is 35.5. The van der Waals surface area contributed by atoms with Crippen LogP contribution in [0.2, 0.25) is 5.02 Å². The van der Waals surface area contributed by atoms with Crippen LogP contribution in [0.3, 0.4) is 0 Å². The van der Waals surface area contributed by atoms with Gasteiger partial charge in [0.05, 0.1) is 10.9 Å². The van der Waals surface area contributed by atoms with Crippen LogP contribution in [0.4, 0.5) is 0 Å². The van der Waals surface area contributed by atoms with Gasteiger partial charge in [-0.25, -0.2) is 8.42 Å². The molecule has 0 spiro atoms. The molecule has 0 saturated carbocycles. The molecule has 2 rings (SSSR count). The fourth-order valence-corrected chi connectivity index (χ4v) is 4.27. The molecule has 0 bridgehead atoms. The zero-order chi connectivity index (χ0) is 18.8. The number of nitrogens with zero attached hydrogens (tertiary/aromatic N) is 2. The van der Waals surface area contributed by atoms with E-state index in [1.807, 2.05) is 32.6 Å². The van der Waals surface area contributed by atoms with Gasteiger partial charge in [0.2, 0.25) is 15.9 Å². The highest BCUT2D eigenvalue weighted by Crippen LogP contribution is 2.20. The van der Waals surface area contributed by atoms with Crippen LogP contribution in [0.1, 0.15) is 27.7 Å². The zero-order valence-electron chi connectivity index (χ0n) is 15.1. The van der Waals surface area contributed by atoms with Crippen molar-refractivity contribution in [3.05, 3.63) is 29.3 Å². The van der Waals surface area contributed by atoms with E-state index in [9.17, 15) is 13.2 Å². The number of rotatable bonds is 4. The Labute approximate surface area is 155 Å². The number of amides is 1. The Kier molecular flexibility index (Phi) is 6.14. The first kappa shape index (κ1) is 20.2. The molecule has 140 valence electrons. The van der Waals surface area contributed by atoms with Gasteiger partial charge in [-0.3, -0.25) is 9.69 Å². The molecule has 1 heterocycles. The van der Waals surface area contributed by atoms with Gasteiger partial charge in [-0.2, -0.15) is 4.31 Å². The first-order valence-corrected chi connectivity index (χ1v) is 10.1. The molecule has 0 aromatic heterocycles. The molecule has 1 fully saturated rings. The summed E-state index contributed by atoms with van der Waals surface area (Å²) in [5, 5.41) is 3.47. The first-order chi connectivity index (χ1) is 11.5. The quantitative estimate of drug-likeness (QED) is 0.857. The van der Waals surface area contributed by atoms with E-state index in [2.05, 4.69) is 5.32 Å². The molecule has 8 heteroatoms. The van der Waals surface area contributed by atoms with E-state index in [0.717, 1.165) is 0 Å². The van der Waals surface area contributed by atoms with Crippen LogP contribution >= 0.6 is 11.6 Å². The Morgan fingerprint density at radius 2 is 1.64 bits per heavy atom. The van der Waals surface area contributed by atoms with Gasteiger partial charge in [0, 0.05) is 36.7 Å². The van der Waals surface area contributed by atoms with E-state index in [1.165, 1.54) is 16.4 Å². The lowest BCUT2D eigenvalue weighted by Crippen LogP contribution is -2.56. The molecule has 1 aromatic rings. The molecular formula is C17H26ClN3O3S. The summed E-state index contributed by atoms with van der Waals surface area (Å²) < 4.78 is 26.8. The molecule has 1 aromatic carbocycles. The molecular weight excluding hydrogens is 362 g/mol. The van der Waals surface area contributed by atoms with Gasteiger partial charge in [-0.15, -0.1) is 0 Å². The van der Waals surface area contributed by atoms with Crippen molar-refractivity contribution in [2.24, 2.45) is 0 Å². The third kappa shape index (κ3) is 5.17. The first-order valence-electron chi connectivity index (χ1n) is 8.32. The number of piperazine rings is 1. The van der Waals surface area contributed by atoms with Crippen molar-refractivity contribution in [3.63, 3.8) is 0 Å². The van der Waals surface area contributed by atoms with Crippen LogP contribution in [0.25, 0.3) is 0 Å². The SMILES string of the molecule is C[C@@H](C(=O)NC(C)(C)C)N1CCN(S(=O)(=O)c2ccc(Cl)cc2)CC1. The van der Waals surface area contributed by atoms with Gasteiger partial charge >= 0.3 is 0 Å². The number of nitrogens with one attached hydrogen (secondary N) is 1. The van der Waals surface area contributed by atoms with Crippen molar-refractivity contribution < 1.29 is 13.2 Å². The van der Waals surface area contributed by atoms with Crippen LogP contribution in [-0.2, 0) is 14.8 Å². The fourth-order valence-electron chi connectivity index (χ4n) is 2.73. The van der Waals surface area contributed by atoms with Crippen molar-refractivity contribution in [1.29, 1.82) is 0 Å². The normalized spacial score (nSPS) is 18.8. The Morgan fingerprint density at radius 1 is 1.12 bits per heavy atom. The van der Waals surface area contributed by atoms with E-state index in [0.29, 0.717) is 31.2 Å². The zero-order valence-corrected chi connectivity index (χ0v) is 16.7. The standard InChI is InChI=1S/C17H26ClN3O3S/c1-13(16(22)19-17(2,3)4)20-9-11-21(12-10-20)25(23,24)15-7-5-14(18)6-8-15/h5-8,13H,9-12H2,1-4H3,(H,19,22)/t13-/m0/s1. The van der Waals surface area contributed by atoms with E-state index < -0.39 is 10.0 Å². The second kappa shape index (κ2) is 7.61. The van der Waals surface area contributed by atoms with Crippen LogP contribution in [0.5, 0.6) is 0 Å². The molecule has 6 nitrogen and oxygen atoms in total. The number of hydrogen-bond donors (Lipinski definition) is 1. The Balaban J connectivity index is 1.99. The second-order valence-corrected chi connectivity index (χ2v) is 9.68. The van der Waals surface area contributed by atoms with Gasteiger partial charge in [0.1, 0.15) is 0 Å². The minimum atomic E-state index is -3.53. The maximum atomic E-state index is 12.7. The molecule has 0 radical (unpaired) electrons. The Bertz CT molecular complexity index is 706. The molecule has 1 aliphatic heterocycles.